The standard InChI is InChI=1S/C15H13ClF2O/c1-10-4-2-5-11(8-16)15(10)19-9-12-6-3-7-13(17)14(12)18/h2-7H,8-9H2,1H3. The first kappa shape index (κ1) is 13.8. The molecule has 2 aromatic rings. The minimum atomic E-state index is -0.872. The Morgan fingerprint density at radius 1 is 1.05 bits per heavy atom. The van der Waals surface area contributed by atoms with Crippen LogP contribution >= 0.6 is 11.6 Å². The van der Waals surface area contributed by atoms with Gasteiger partial charge in [-0.3, -0.25) is 0 Å². The van der Waals surface area contributed by atoms with Crippen molar-refractivity contribution >= 4 is 11.6 Å². The lowest BCUT2D eigenvalue weighted by molar-refractivity contribution is 0.293. The molecule has 0 aromatic heterocycles. The van der Waals surface area contributed by atoms with Gasteiger partial charge in [0.25, 0.3) is 0 Å². The Bertz CT molecular complexity index is 584. The van der Waals surface area contributed by atoms with E-state index in [1.165, 1.54) is 12.1 Å². The smallest absolute Gasteiger partial charge is 0.165 e. The molecule has 0 radical (unpaired) electrons. The van der Waals surface area contributed by atoms with Crippen LogP contribution in [0.4, 0.5) is 8.78 Å². The van der Waals surface area contributed by atoms with Crippen LogP contribution in [0.5, 0.6) is 5.75 Å². The quantitative estimate of drug-likeness (QED) is 0.745. The number of hydrogen-bond donors (Lipinski definition) is 0. The lowest BCUT2D eigenvalue weighted by Gasteiger charge is -2.13. The molecule has 19 heavy (non-hydrogen) atoms. The highest BCUT2D eigenvalue weighted by atomic mass is 35.5. The van der Waals surface area contributed by atoms with Gasteiger partial charge in [0, 0.05) is 11.1 Å². The molecule has 4 heteroatoms. The van der Waals surface area contributed by atoms with Gasteiger partial charge in [-0.2, -0.15) is 0 Å². The third-order valence-electron chi connectivity index (χ3n) is 2.84. The molecular weight excluding hydrogens is 270 g/mol. The summed E-state index contributed by atoms with van der Waals surface area (Å²) in [6.07, 6.45) is 0. The first-order chi connectivity index (χ1) is 9.13. The molecule has 2 rings (SSSR count). The maximum absolute atomic E-state index is 13.5. The normalized spacial score (nSPS) is 10.5. The summed E-state index contributed by atoms with van der Waals surface area (Å²) < 4.78 is 32.2. The van der Waals surface area contributed by atoms with Gasteiger partial charge in [0.15, 0.2) is 11.6 Å². The Labute approximate surface area is 115 Å². The summed E-state index contributed by atoms with van der Waals surface area (Å²) in [5.41, 5.74) is 1.93. The maximum Gasteiger partial charge on any atom is 0.165 e. The molecular formula is C15H13ClF2O. The van der Waals surface area contributed by atoms with Crippen LogP contribution < -0.4 is 4.74 Å². The van der Waals surface area contributed by atoms with E-state index in [0.29, 0.717) is 11.6 Å². The van der Waals surface area contributed by atoms with Crippen LogP contribution in [0.1, 0.15) is 16.7 Å². The van der Waals surface area contributed by atoms with E-state index in [1.807, 2.05) is 25.1 Å². The number of benzene rings is 2. The zero-order chi connectivity index (χ0) is 13.8. The highest BCUT2D eigenvalue weighted by Crippen LogP contribution is 2.26. The summed E-state index contributed by atoms with van der Waals surface area (Å²) in [7, 11) is 0. The predicted molar refractivity (Wildman–Crippen MR) is 71.4 cm³/mol. The molecule has 0 unspecified atom stereocenters. The van der Waals surface area contributed by atoms with Crippen LogP contribution in [0.15, 0.2) is 36.4 Å². The molecule has 0 saturated carbocycles. The topological polar surface area (TPSA) is 9.23 Å². The second-order valence-corrected chi connectivity index (χ2v) is 4.47. The van der Waals surface area contributed by atoms with Crippen molar-refractivity contribution in [2.24, 2.45) is 0 Å². The first-order valence-electron chi connectivity index (χ1n) is 5.83. The van der Waals surface area contributed by atoms with Crippen LogP contribution in [0.25, 0.3) is 0 Å². The van der Waals surface area contributed by atoms with Gasteiger partial charge in [0.05, 0.1) is 5.88 Å². The van der Waals surface area contributed by atoms with E-state index in [-0.39, 0.29) is 12.2 Å². The maximum atomic E-state index is 13.5. The van der Waals surface area contributed by atoms with Gasteiger partial charge in [0.1, 0.15) is 12.4 Å². The van der Waals surface area contributed by atoms with Crippen molar-refractivity contribution in [1.29, 1.82) is 0 Å². The molecule has 2 aromatic carbocycles. The number of halogens is 3. The van der Waals surface area contributed by atoms with Crippen LogP contribution in [-0.2, 0) is 12.5 Å². The predicted octanol–water partition coefficient (Wildman–Crippen LogP) is 4.59. The van der Waals surface area contributed by atoms with E-state index in [1.54, 1.807) is 0 Å². The van der Waals surface area contributed by atoms with Crippen molar-refractivity contribution in [3.05, 3.63) is 64.7 Å². The SMILES string of the molecule is Cc1cccc(CCl)c1OCc1cccc(F)c1F. The molecule has 1 nitrogen and oxygen atoms in total. The van der Waals surface area contributed by atoms with Gasteiger partial charge in [-0.05, 0) is 18.6 Å². The molecule has 0 fully saturated rings. The number of ether oxygens (including phenoxy) is 1. The van der Waals surface area contributed by atoms with Gasteiger partial charge >= 0.3 is 0 Å². The van der Waals surface area contributed by atoms with E-state index < -0.39 is 11.6 Å². The zero-order valence-electron chi connectivity index (χ0n) is 10.4. The summed E-state index contributed by atoms with van der Waals surface area (Å²) in [5.74, 6) is -0.809. The number of alkyl halides is 1. The largest absolute Gasteiger partial charge is 0.488 e. The van der Waals surface area contributed by atoms with Crippen LogP contribution in [-0.4, -0.2) is 0 Å². The summed E-state index contributed by atoms with van der Waals surface area (Å²) in [6.45, 7) is 1.85. The van der Waals surface area contributed by atoms with Gasteiger partial charge in [-0.1, -0.05) is 30.3 Å². The van der Waals surface area contributed by atoms with Crippen molar-refractivity contribution in [1.82, 2.24) is 0 Å². The molecule has 0 aliphatic carbocycles. The summed E-state index contributed by atoms with van der Waals surface area (Å²) >= 11 is 5.83. The van der Waals surface area contributed by atoms with Crippen LogP contribution in [0.3, 0.4) is 0 Å². The Hall–Kier alpha value is -1.61. The Kier molecular flexibility index (Phi) is 4.38. The molecule has 0 aliphatic heterocycles. The number of rotatable bonds is 4. The lowest BCUT2D eigenvalue weighted by atomic mass is 10.1. The average Bonchev–Trinajstić information content (AvgIpc) is 2.41. The highest BCUT2D eigenvalue weighted by Gasteiger charge is 2.10. The number of aryl methyl sites for hydroxylation is 1. The summed E-state index contributed by atoms with van der Waals surface area (Å²) in [6, 6.07) is 9.64. The molecule has 0 bridgehead atoms. The first-order valence-corrected chi connectivity index (χ1v) is 6.37. The third-order valence-corrected chi connectivity index (χ3v) is 3.13. The van der Waals surface area contributed by atoms with Crippen LogP contribution in [0, 0.1) is 18.6 Å². The minimum absolute atomic E-state index is 0.0294. The Morgan fingerprint density at radius 3 is 2.47 bits per heavy atom. The summed E-state index contributed by atoms with van der Waals surface area (Å²) in [4.78, 5) is 0. The fourth-order valence-electron chi connectivity index (χ4n) is 1.83. The monoisotopic (exact) mass is 282 g/mol. The van der Waals surface area contributed by atoms with E-state index in [0.717, 1.165) is 17.2 Å². The molecule has 0 spiro atoms. The fourth-order valence-corrected chi connectivity index (χ4v) is 2.05. The number of hydrogen-bond acceptors (Lipinski definition) is 1. The van der Waals surface area contributed by atoms with E-state index in [2.05, 4.69) is 0 Å². The second kappa shape index (κ2) is 6.02. The van der Waals surface area contributed by atoms with Crippen molar-refractivity contribution in [2.75, 3.05) is 0 Å². The number of para-hydroxylation sites is 1. The van der Waals surface area contributed by atoms with E-state index in [4.69, 9.17) is 16.3 Å². The Morgan fingerprint density at radius 2 is 1.74 bits per heavy atom. The van der Waals surface area contributed by atoms with Crippen molar-refractivity contribution in [3.63, 3.8) is 0 Å². The van der Waals surface area contributed by atoms with Crippen molar-refractivity contribution < 1.29 is 13.5 Å². The minimum Gasteiger partial charge on any atom is -0.488 e. The average molecular weight is 283 g/mol. The van der Waals surface area contributed by atoms with Gasteiger partial charge in [-0.25, -0.2) is 8.78 Å². The summed E-state index contributed by atoms with van der Waals surface area (Å²) in [5, 5.41) is 0. The molecule has 0 amide bonds. The molecule has 100 valence electrons. The molecule has 0 saturated heterocycles. The molecule has 0 heterocycles. The second-order valence-electron chi connectivity index (χ2n) is 4.20. The Balaban J connectivity index is 2.21. The van der Waals surface area contributed by atoms with Gasteiger partial charge in [-0.15, -0.1) is 11.6 Å². The van der Waals surface area contributed by atoms with Gasteiger partial charge in [0.2, 0.25) is 0 Å². The van der Waals surface area contributed by atoms with Gasteiger partial charge < -0.3 is 4.74 Å². The fraction of sp³-hybridized carbons (Fsp3) is 0.200. The van der Waals surface area contributed by atoms with Crippen molar-refractivity contribution in [2.45, 2.75) is 19.4 Å². The highest BCUT2D eigenvalue weighted by molar-refractivity contribution is 6.17. The molecule has 0 atom stereocenters. The van der Waals surface area contributed by atoms with Crippen LogP contribution in [0.2, 0.25) is 0 Å². The lowest BCUT2D eigenvalue weighted by Crippen LogP contribution is -2.03. The van der Waals surface area contributed by atoms with E-state index >= 15 is 0 Å². The molecule has 0 aliphatic rings. The van der Waals surface area contributed by atoms with Crippen molar-refractivity contribution in [3.8, 4) is 5.75 Å². The molecule has 0 N–H and O–H groups in total. The third kappa shape index (κ3) is 3.04. The van der Waals surface area contributed by atoms with E-state index in [9.17, 15) is 8.78 Å². The zero-order valence-corrected chi connectivity index (χ0v) is 11.2.